The van der Waals surface area contributed by atoms with Crippen LogP contribution in [-0.2, 0) is 11.8 Å². The molecular weight excluding hydrogens is 226 g/mol. The van der Waals surface area contributed by atoms with Crippen LogP contribution in [0.25, 0.3) is 0 Å². The third kappa shape index (κ3) is 3.12. The number of hydrogen-bond donors (Lipinski definition) is 1. The molecule has 0 aromatic carbocycles. The predicted octanol–water partition coefficient (Wildman–Crippen LogP) is 2.20. The lowest BCUT2D eigenvalue weighted by Gasteiger charge is -2.27. The van der Waals surface area contributed by atoms with Gasteiger partial charge in [0.25, 0.3) is 0 Å². The topological polar surface area (TPSA) is 39.1 Å². The first-order chi connectivity index (χ1) is 8.72. The molecule has 18 heavy (non-hydrogen) atoms. The lowest BCUT2D eigenvalue weighted by atomic mass is 9.89. The molecular formula is C14H25N3O. The fourth-order valence-electron chi connectivity index (χ4n) is 2.74. The Hall–Kier alpha value is -0.870. The lowest BCUT2D eigenvalue weighted by Crippen LogP contribution is -2.26. The highest BCUT2D eigenvalue weighted by Gasteiger charge is 2.22. The lowest BCUT2D eigenvalue weighted by molar-refractivity contribution is 0.0605. The van der Waals surface area contributed by atoms with Crippen molar-refractivity contribution in [3.05, 3.63) is 17.5 Å². The minimum absolute atomic E-state index is 0.437. The van der Waals surface area contributed by atoms with E-state index in [9.17, 15) is 0 Å². The van der Waals surface area contributed by atoms with E-state index in [2.05, 4.69) is 24.3 Å². The molecule has 1 unspecified atom stereocenters. The van der Waals surface area contributed by atoms with E-state index in [0.29, 0.717) is 6.04 Å². The molecule has 1 aliphatic heterocycles. The molecule has 0 spiro atoms. The number of nitrogens with one attached hydrogen (secondary N) is 1. The number of rotatable bonds is 5. The van der Waals surface area contributed by atoms with Crippen molar-refractivity contribution in [2.24, 2.45) is 13.0 Å². The van der Waals surface area contributed by atoms with E-state index in [0.717, 1.165) is 25.7 Å². The molecule has 0 saturated carbocycles. The van der Waals surface area contributed by atoms with Crippen molar-refractivity contribution in [3.8, 4) is 0 Å². The van der Waals surface area contributed by atoms with Gasteiger partial charge in [0.05, 0.1) is 6.20 Å². The average Bonchev–Trinajstić information content (AvgIpc) is 2.71. The van der Waals surface area contributed by atoms with Gasteiger partial charge in [-0.15, -0.1) is 0 Å². The smallest absolute Gasteiger partial charge is 0.0540 e. The van der Waals surface area contributed by atoms with Crippen LogP contribution in [0.15, 0.2) is 6.20 Å². The standard InChI is InChI=1S/C14H25N3O/c1-4-15-14(9-12-5-7-18-8-6-12)13-10-16-17(3)11(13)2/h10,12,14-15H,4-9H2,1-3H3. The second kappa shape index (κ2) is 6.34. The highest BCUT2D eigenvalue weighted by Crippen LogP contribution is 2.28. The molecule has 1 aromatic rings. The normalized spacial score (nSPS) is 19.1. The minimum atomic E-state index is 0.437. The predicted molar refractivity (Wildman–Crippen MR) is 72.5 cm³/mol. The average molecular weight is 251 g/mol. The maximum atomic E-state index is 5.44. The Kier molecular flexibility index (Phi) is 4.78. The molecule has 0 aliphatic carbocycles. The van der Waals surface area contributed by atoms with E-state index in [4.69, 9.17) is 4.74 Å². The van der Waals surface area contributed by atoms with Gasteiger partial charge >= 0.3 is 0 Å². The summed E-state index contributed by atoms with van der Waals surface area (Å²) in [6.45, 7) is 7.17. The molecule has 0 amide bonds. The number of nitrogens with zero attached hydrogens (tertiary/aromatic N) is 2. The Balaban J connectivity index is 2.05. The van der Waals surface area contributed by atoms with E-state index in [1.54, 1.807) is 0 Å². The van der Waals surface area contributed by atoms with E-state index >= 15 is 0 Å². The molecule has 1 fully saturated rings. The van der Waals surface area contributed by atoms with E-state index in [1.807, 2.05) is 17.9 Å². The van der Waals surface area contributed by atoms with Crippen LogP contribution in [0, 0.1) is 12.8 Å². The summed E-state index contributed by atoms with van der Waals surface area (Å²) >= 11 is 0. The van der Waals surface area contributed by atoms with Crippen LogP contribution in [0.4, 0.5) is 0 Å². The van der Waals surface area contributed by atoms with Gasteiger partial charge in [-0.2, -0.15) is 5.10 Å². The summed E-state index contributed by atoms with van der Waals surface area (Å²) in [4.78, 5) is 0. The van der Waals surface area contributed by atoms with Gasteiger partial charge in [-0.25, -0.2) is 0 Å². The van der Waals surface area contributed by atoms with Gasteiger partial charge < -0.3 is 10.1 Å². The van der Waals surface area contributed by atoms with Crippen LogP contribution in [-0.4, -0.2) is 29.5 Å². The first-order valence-electron chi connectivity index (χ1n) is 7.02. The summed E-state index contributed by atoms with van der Waals surface area (Å²) < 4.78 is 7.40. The summed E-state index contributed by atoms with van der Waals surface area (Å²) in [6, 6.07) is 0.437. The highest BCUT2D eigenvalue weighted by molar-refractivity contribution is 5.20. The van der Waals surface area contributed by atoms with Crippen molar-refractivity contribution in [3.63, 3.8) is 0 Å². The highest BCUT2D eigenvalue weighted by atomic mass is 16.5. The van der Waals surface area contributed by atoms with Gasteiger partial charge in [0.15, 0.2) is 0 Å². The third-order valence-electron chi connectivity index (χ3n) is 4.01. The van der Waals surface area contributed by atoms with Crippen LogP contribution in [0.3, 0.4) is 0 Å². The van der Waals surface area contributed by atoms with E-state index < -0.39 is 0 Å². The maximum absolute atomic E-state index is 5.44. The van der Waals surface area contributed by atoms with Crippen LogP contribution in [0.1, 0.15) is 43.5 Å². The Morgan fingerprint density at radius 1 is 1.50 bits per heavy atom. The second-order valence-electron chi connectivity index (χ2n) is 5.21. The van der Waals surface area contributed by atoms with Gasteiger partial charge in [0.2, 0.25) is 0 Å². The van der Waals surface area contributed by atoms with Crippen LogP contribution in [0.2, 0.25) is 0 Å². The zero-order chi connectivity index (χ0) is 13.0. The fourth-order valence-corrected chi connectivity index (χ4v) is 2.74. The fraction of sp³-hybridized carbons (Fsp3) is 0.786. The molecule has 2 rings (SSSR count). The Morgan fingerprint density at radius 3 is 2.78 bits per heavy atom. The quantitative estimate of drug-likeness (QED) is 0.872. The molecule has 0 radical (unpaired) electrons. The minimum Gasteiger partial charge on any atom is -0.381 e. The molecule has 1 aromatic heterocycles. The van der Waals surface area contributed by atoms with Gasteiger partial charge in [-0.3, -0.25) is 4.68 Å². The van der Waals surface area contributed by atoms with Gasteiger partial charge in [0.1, 0.15) is 0 Å². The van der Waals surface area contributed by atoms with Crippen molar-refractivity contribution in [1.82, 2.24) is 15.1 Å². The molecule has 2 heterocycles. The zero-order valence-electron chi connectivity index (χ0n) is 11.8. The number of hydrogen-bond acceptors (Lipinski definition) is 3. The Bertz CT molecular complexity index is 369. The van der Waals surface area contributed by atoms with Crippen molar-refractivity contribution < 1.29 is 4.74 Å². The van der Waals surface area contributed by atoms with Crippen molar-refractivity contribution in [2.45, 2.75) is 39.2 Å². The van der Waals surface area contributed by atoms with E-state index in [1.165, 1.54) is 30.5 Å². The Morgan fingerprint density at radius 2 is 2.22 bits per heavy atom. The first kappa shape index (κ1) is 13.6. The summed E-state index contributed by atoms with van der Waals surface area (Å²) in [5.74, 6) is 0.780. The SMILES string of the molecule is CCNC(CC1CCOCC1)c1cnn(C)c1C. The van der Waals surface area contributed by atoms with Crippen LogP contribution in [0.5, 0.6) is 0 Å². The third-order valence-corrected chi connectivity index (χ3v) is 4.01. The maximum Gasteiger partial charge on any atom is 0.0540 e. The Labute approximate surface area is 110 Å². The molecule has 1 atom stereocenters. The summed E-state index contributed by atoms with van der Waals surface area (Å²) in [7, 11) is 2.01. The molecule has 102 valence electrons. The molecule has 0 bridgehead atoms. The zero-order valence-corrected chi connectivity index (χ0v) is 11.8. The molecule has 1 saturated heterocycles. The van der Waals surface area contributed by atoms with Gasteiger partial charge in [-0.05, 0) is 38.6 Å². The summed E-state index contributed by atoms with van der Waals surface area (Å²) in [5.41, 5.74) is 2.62. The van der Waals surface area contributed by atoms with Crippen molar-refractivity contribution >= 4 is 0 Å². The van der Waals surface area contributed by atoms with Gasteiger partial charge in [0, 0.05) is 37.6 Å². The number of ether oxygens (including phenoxy) is 1. The first-order valence-corrected chi connectivity index (χ1v) is 7.02. The summed E-state index contributed by atoms with van der Waals surface area (Å²) in [5, 5.41) is 7.97. The monoisotopic (exact) mass is 251 g/mol. The number of aromatic nitrogens is 2. The largest absolute Gasteiger partial charge is 0.381 e. The van der Waals surface area contributed by atoms with Crippen molar-refractivity contribution in [1.29, 1.82) is 0 Å². The van der Waals surface area contributed by atoms with Crippen molar-refractivity contribution in [2.75, 3.05) is 19.8 Å². The molecule has 4 nitrogen and oxygen atoms in total. The van der Waals surface area contributed by atoms with Crippen LogP contribution >= 0.6 is 0 Å². The van der Waals surface area contributed by atoms with E-state index in [-0.39, 0.29) is 0 Å². The summed E-state index contributed by atoms with van der Waals surface area (Å²) in [6.07, 6.45) is 5.61. The molecule has 4 heteroatoms. The molecule has 1 N–H and O–H groups in total. The second-order valence-corrected chi connectivity index (χ2v) is 5.21. The van der Waals surface area contributed by atoms with Gasteiger partial charge in [-0.1, -0.05) is 6.92 Å². The molecule has 1 aliphatic rings. The van der Waals surface area contributed by atoms with Crippen LogP contribution < -0.4 is 5.32 Å². The number of aryl methyl sites for hydroxylation is 1.